The van der Waals surface area contributed by atoms with E-state index in [1.165, 1.54) is 23.2 Å². The summed E-state index contributed by atoms with van der Waals surface area (Å²) in [4.78, 5) is 33.1. The molecule has 41 heavy (non-hydrogen) atoms. The summed E-state index contributed by atoms with van der Waals surface area (Å²) in [6, 6.07) is 4.57. The lowest BCUT2D eigenvalue weighted by Gasteiger charge is -2.34. The summed E-state index contributed by atoms with van der Waals surface area (Å²) < 4.78 is 47.6. The number of amides is 1. The Balaban J connectivity index is 1.60. The second-order valence-corrected chi connectivity index (χ2v) is 11.5. The highest BCUT2D eigenvalue weighted by molar-refractivity contribution is 6.03. The number of aromatic carboxylic acids is 1. The first kappa shape index (κ1) is 30.8. The molecule has 2 aliphatic rings. The number of carbonyl (C=O) groups excluding carboxylic acids is 1. The zero-order chi connectivity index (χ0) is 29.9. The van der Waals surface area contributed by atoms with E-state index in [2.05, 4.69) is 11.9 Å². The van der Waals surface area contributed by atoms with Gasteiger partial charge in [-0.1, -0.05) is 6.92 Å². The van der Waals surface area contributed by atoms with Crippen molar-refractivity contribution in [1.82, 2.24) is 9.88 Å². The van der Waals surface area contributed by atoms with Crippen LogP contribution in [0.15, 0.2) is 30.5 Å². The number of pyridine rings is 1. The van der Waals surface area contributed by atoms with Crippen molar-refractivity contribution in [3.63, 3.8) is 0 Å². The Morgan fingerprint density at radius 2 is 1.76 bits per heavy atom. The number of ether oxygens (including phenoxy) is 1. The van der Waals surface area contributed by atoms with Crippen LogP contribution in [-0.4, -0.2) is 57.2 Å². The van der Waals surface area contributed by atoms with Gasteiger partial charge < -0.3 is 19.8 Å². The van der Waals surface area contributed by atoms with Gasteiger partial charge in [0.1, 0.15) is 11.3 Å². The van der Waals surface area contributed by atoms with Gasteiger partial charge in [-0.3, -0.25) is 9.69 Å². The lowest BCUT2D eigenvalue weighted by Crippen LogP contribution is -2.42. The van der Waals surface area contributed by atoms with Crippen LogP contribution in [0.3, 0.4) is 0 Å². The van der Waals surface area contributed by atoms with Crippen molar-refractivity contribution < 1.29 is 37.7 Å². The second-order valence-electron chi connectivity index (χ2n) is 11.5. The molecule has 0 spiro atoms. The SMILES string of the molecule is CC1CCC(C(=O)N(c2ccc(Oc3ncc(CN4CCC(O)CC4)cc3C(F)(F)F)cc2C(=O)O)C(C)C)CC1. The molecule has 2 aromatic rings. The average Bonchev–Trinajstić information content (AvgIpc) is 2.91. The van der Waals surface area contributed by atoms with Crippen LogP contribution in [0.25, 0.3) is 0 Å². The smallest absolute Gasteiger partial charge is 0.421 e. The zero-order valence-electron chi connectivity index (χ0n) is 23.7. The number of alkyl halides is 3. The molecule has 1 saturated carbocycles. The van der Waals surface area contributed by atoms with Crippen molar-refractivity contribution >= 4 is 17.6 Å². The Hall–Kier alpha value is -3.18. The molecule has 1 amide bonds. The number of piperidine rings is 1. The summed E-state index contributed by atoms with van der Waals surface area (Å²) in [6.45, 7) is 7.14. The van der Waals surface area contributed by atoms with E-state index >= 15 is 0 Å². The molecule has 4 rings (SSSR count). The number of aliphatic hydroxyl groups is 1. The Kier molecular flexibility index (Phi) is 9.59. The van der Waals surface area contributed by atoms with Gasteiger partial charge in [-0.05, 0) is 88.1 Å². The van der Waals surface area contributed by atoms with Gasteiger partial charge in [0.15, 0.2) is 0 Å². The lowest BCUT2D eigenvalue weighted by molar-refractivity contribution is -0.139. The molecule has 224 valence electrons. The minimum Gasteiger partial charge on any atom is -0.478 e. The number of rotatable bonds is 8. The molecule has 0 radical (unpaired) electrons. The number of likely N-dealkylation sites (tertiary alicyclic amines) is 1. The molecule has 1 aromatic carbocycles. The van der Waals surface area contributed by atoms with E-state index < -0.39 is 29.7 Å². The molecule has 1 aliphatic carbocycles. The standard InChI is InChI=1S/C30H38F3N3O5/c1-18(2)36(28(38)21-6-4-19(3)5-7-21)26-9-8-23(15-24(26)29(39)40)41-27-25(30(31,32)33)14-20(16-34-27)17-35-12-10-22(37)11-13-35/h8-9,14-16,18-19,21-22,37H,4-7,10-13,17H2,1-3H3,(H,39,40). The van der Waals surface area contributed by atoms with Crippen LogP contribution in [0.1, 0.15) is 80.8 Å². The van der Waals surface area contributed by atoms with Crippen LogP contribution in [-0.2, 0) is 17.5 Å². The molecule has 11 heteroatoms. The number of anilines is 1. The average molecular weight is 578 g/mol. The maximum atomic E-state index is 14.0. The summed E-state index contributed by atoms with van der Waals surface area (Å²) >= 11 is 0. The fourth-order valence-electron chi connectivity index (χ4n) is 5.63. The van der Waals surface area contributed by atoms with Gasteiger partial charge >= 0.3 is 12.1 Å². The van der Waals surface area contributed by atoms with E-state index in [-0.39, 0.29) is 41.4 Å². The Morgan fingerprint density at radius 3 is 2.34 bits per heavy atom. The number of benzene rings is 1. The predicted molar refractivity (Wildman–Crippen MR) is 147 cm³/mol. The highest BCUT2D eigenvalue weighted by Crippen LogP contribution is 2.39. The third kappa shape index (κ3) is 7.56. The number of halogens is 3. The first-order valence-corrected chi connectivity index (χ1v) is 14.2. The summed E-state index contributed by atoms with van der Waals surface area (Å²) in [7, 11) is 0. The normalized spacial score (nSPS) is 20.7. The topological polar surface area (TPSA) is 103 Å². The van der Waals surface area contributed by atoms with Gasteiger partial charge in [-0.2, -0.15) is 13.2 Å². The third-order valence-corrected chi connectivity index (χ3v) is 7.97. The summed E-state index contributed by atoms with van der Waals surface area (Å²) in [5.74, 6) is -1.97. The number of hydrogen-bond donors (Lipinski definition) is 2. The number of carbonyl (C=O) groups is 2. The van der Waals surface area contributed by atoms with Crippen molar-refractivity contribution in [1.29, 1.82) is 0 Å². The molecular formula is C30H38F3N3O5. The van der Waals surface area contributed by atoms with Gasteiger partial charge in [0.2, 0.25) is 11.8 Å². The molecule has 0 bridgehead atoms. The quantitative estimate of drug-likeness (QED) is 0.390. The molecule has 2 fully saturated rings. The van der Waals surface area contributed by atoms with E-state index in [1.54, 1.807) is 13.8 Å². The van der Waals surface area contributed by atoms with Crippen LogP contribution in [0, 0.1) is 11.8 Å². The summed E-state index contributed by atoms with van der Waals surface area (Å²) in [5.41, 5.74) is -0.787. The van der Waals surface area contributed by atoms with E-state index in [1.807, 2.05) is 4.90 Å². The van der Waals surface area contributed by atoms with Crippen LogP contribution >= 0.6 is 0 Å². The molecule has 1 aromatic heterocycles. The fraction of sp³-hybridized carbons (Fsp3) is 0.567. The van der Waals surface area contributed by atoms with Crippen molar-refractivity contribution in [2.45, 2.75) is 84.2 Å². The molecule has 1 aliphatic heterocycles. The molecule has 2 N–H and O–H groups in total. The number of aliphatic hydroxyl groups excluding tert-OH is 1. The molecule has 2 heterocycles. The Labute approximate surface area is 238 Å². The van der Waals surface area contributed by atoms with E-state index in [4.69, 9.17) is 4.74 Å². The van der Waals surface area contributed by atoms with Gasteiger partial charge in [0, 0.05) is 37.8 Å². The molecule has 0 unspecified atom stereocenters. The maximum Gasteiger partial charge on any atom is 0.421 e. The van der Waals surface area contributed by atoms with Crippen LogP contribution < -0.4 is 9.64 Å². The number of aromatic nitrogens is 1. The zero-order valence-corrected chi connectivity index (χ0v) is 23.7. The van der Waals surface area contributed by atoms with Gasteiger partial charge in [0.25, 0.3) is 0 Å². The number of carboxylic acids is 1. The molecule has 8 nitrogen and oxygen atoms in total. The van der Waals surface area contributed by atoms with Crippen molar-refractivity contribution in [3.05, 3.63) is 47.2 Å². The highest BCUT2D eigenvalue weighted by atomic mass is 19.4. The second kappa shape index (κ2) is 12.8. The minimum absolute atomic E-state index is 0.135. The minimum atomic E-state index is -4.76. The van der Waals surface area contributed by atoms with E-state index in [0.717, 1.165) is 37.8 Å². The van der Waals surface area contributed by atoms with Crippen LogP contribution in [0.5, 0.6) is 11.6 Å². The fourth-order valence-corrected chi connectivity index (χ4v) is 5.63. The lowest BCUT2D eigenvalue weighted by atomic mass is 9.82. The molecule has 0 atom stereocenters. The maximum absolute atomic E-state index is 14.0. The third-order valence-electron chi connectivity index (χ3n) is 7.97. The van der Waals surface area contributed by atoms with Crippen LogP contribution in [0.4, 0.5) is 18.9 Å². The first-order chi connectivity index (χ1) is 19.3. The largest absolute Gasteiger partial charge is 0.478 e. The number of nitrogens with zero attached hydrogens (tertiary/aromatic N) is 3. The Bertz CT molecular complexity index is 1240. The van der Waals surface area contributed by atoms with Gasteiger partial charge in [-0.15, -0.1) is 0 Å². The summed E-state index contributed by atoms with van der Waals surface area (Å²) in [6.07, 6.45) is 0.587. The molecular weight excluding hydrogens is 539 g/mol. The van der Waals surface area contributed by atoms with Crippen molar-refractivity contribution in [2.24, 2.45) is 11.8 Å². The Morgan fingerprint density at radius 1 is 1.10 bits per heavy atom. The van der Waals surface area contributed by atoms with Gasteiger partial charge in [-0.25, -0.2) is 9.78 Å². The van der Waals surface area contributed by atoms with Gasteiger partial charge in [0.05, 0.1) is 17.4 Å². The highest BCUT2D eigenvalue weighted by Gasteiger charge is 2.37. The monoisotopic (exact) mass is 577 g/mol. The summed E-state index contributed by atoms with van der Waals surface area (Å²) in [5, 5.41) is 19.7. The van der Waals surface area contributed by atoms with E-state index in [9.17, 15) is 33.0 Å². The molecule has 1 saturated heterocycles. The number of hydrogen-bond acceptors (Lipinski definition) is 6. The van der Waals surface area contributed by atoms with Crippen molar-refractivity contribution in [2.75, 3.05) is 18.0 Å². The predicted octanol–water partition coefficient (Wildman–Crippen LogP) is 6.12. The van der Waals surface area contributed by atoms with Crippen molar-refractivity contribution in [3.8, 4) is 11.6 Å². The van der Waals surface area contributed by atoms with E-state index in [0.29, 0.717) is 37.4 Å². The number of carboxylic acid groups (broad SMARTS) is 1. The first-order valence-electron chi connectivity index (χ1n) is 14.2. The van der Waals surface area contributed by atoms with Crippen LogP contribution in [0.2, 0.25) is 0 Å².